The minimum absolute atomic E-state index is 0.00509. The van der Waals surface area contributed by atoms with E-state index in [1.807, 2.05) is 83.4 Å². The van der Waals surface area contributed by atoms with E-state index in [0.717, 1.165) is 53.9 Å². The van der Waals surface area contributed by atoms with Gasteiger partial charge in [-0.2, -0.15) is 5.10 Å². The van der Waals surface area contributed by atoms with Crippen LogP contribution < -0.4 is 5.32 Å². The summed E-state index contributed by atoms with van der Waals surface area (Å²) in [5, 5.41) is 7.90. The van der Waals surface area contributed by atoms with Crippen molar-refractivity contribution in [1.82, 2.24) is 14.7 Å². The fourth-order valence-electron chi connectivity index (χ4n) is 4.50. The van der Waals surface area contributed by atoms with Crippen molar-refractivity contribution in [3.63, 3.8) is 0 Å². The number of nitrogens with zero attached hydrogens (tertiary/aromatic N) is 3. The van der Waals surface area contributed by atoms with Crippen LogP contribution in [0.2, 0.25) is 0 Å². The van der Waals surface area contributed by atoms with Gasteiger partial charge in [-0.25, -0.2) is 0 Å². The minimum atomic E-state index is -0.218. The van der Waals surface area contributed by atoms with Crippen LogP contribution in [0.4, 0.5) is 5.00 Å². The van der Waals surface area contributed by atoms with Crippen LogP contribution in [-0.4, -0.2) is 39.6 Å². The van der Waals surface area contributed by atoms with Crippen molar-refractivity contribution in [2.24, 2.45) is 0 Å². The van der Waals surface area contributed by atoms with Crippen molar-refractivity contribution in [2.45, 2.75) is 32.7 Å². The van der Waals surface area contributed by atoms with Crippen molar-refractivity contribution in [1.29, 1.82) is 0 Å². The van der Waals surface area contributed by atoms with Gasteiger partial charge in [0.05, 0.1) is 12.1 Å². The molecule has 1 aliphatic heterocycles. The van der Waals surface area contributed by atoms with E-state index < -0.39 is 0 Å². The molecule has 0 unspecified atom stereocenters. The zero-order chi connectivity index (χ0) is 24.2. The summed E-state index contributed by atoms with van der Waals surface area (Å²) in [7, 11) is 0. The lowest BCUT2D eigenvalue weighted by molar-refractivity contribution is 0.0725. The maximum atomic E-state index is 13.6. The van der Waals surface area contributed by atoms with Crippen LogP contribution in [-0.2, 0) is 6.54 Å². The number of rotatable bonds is 6. The largest absolute Gasteiger partial charge is 0.339 e. The van der Waals surface area contributed by atoms with E-state index in [1.165, 1.54) is 11.3 Å². The summed E-state index contributed by atoms with van der Waals surface area (Å²) in [4.78, 5) is 29.7. The predicted octanol–water partition coefficient (Wildman–Crippen LogP) is 5.85. The minimum Gasteiger partial charge on any atom is -0.339 e. The smallest absolute Gasteiger partial charge is 0.257 e. The predicted molar refractivity (Wildman–Crippen MR) is 140 cm³/mol. The molecule has 3 heterocycles. The average molecular weight is 485 g/mol. The second-order valence-corrected chi connectivity index (χ2v) is 9.85. The van der Waals surface area contributed by atoms with E-state index in [4.69, 9.17) is 0 Å². The molecular formula is C28H28N4O2S. The number of piperidine rings is 1. The van der Waals surface area contributed by atoms with Gasteiger partial charge < -0.3 is 10.2 Å². The molecule has 5 rings (SSSR count). The fraction of sp³-hybridized carbons (Fsp3) is 0.250. The molecule has 1 N–H and O–H groups in total. The summed E-state index contributed by atoms with van der Waals surface area (Å²) in [5.74, 6) is -0.213. The summed E-state index contributed by atoms with van der Waals surface area (Å²) in [6.45, 7) is 4.16. The Morgan fingerprint density at radius 1 is 0.971 bits per heavy atom. The number of aromatic nitrogens is 2. The van der Waals surface area contributed by atoms with Crippen molar-refractivity contribution < 1.29 is 9.59 Å². The molecule has 0 radical (unpaired) electrons. The van der Waals surface area contributed by atoms with E-state index in [9.17, 15) is 9.59 Å². The zero-order valence-corrected chi connectivity index (χ0v) is 20.6. The Morgan fingerprint density at radius 3 is 2.40 bits per heavy atom. The summed E-state index contributed by atoms with van der Waals surface area (Å²) < 4.78 is 1.84. The number of carbonyl (C=O) groups excluding carboxylic acids is 2. The number of hydrogen-bond donors (Lipinski definition) is 1. The van der Waals surface area contributed by atoms with E-state index in [-0.39, 0.29) is 11.8 Å². The molecule has 4 aromatic rings. The van der Waals surface area contributed by atoms with Gasteiger partial charge in [-0.05, 0) is 61.1 Å². The topological polar surface area (TPSA) is 67.2 Å². The molecule has 0 aliphatic carbocycles. The number of benzene rings is 2. The van der Waals surface area contributed by atoms with Crippen molar-refractivity contribution in [2.75, 3.05) is 18.4 Å². The van der Waals surface area contributed by atoms with Gasteiger partial charge in [0.2, 0.25) is 0 Å². The van der Waals surface area contributed by atoms with Gasteiger partial charge in [0, 0.05) is 35.9 Å². The zero-order valence-electron chi connectivity index (χ0n) is 19.7. The first-order valence-electron chi connectivity index (χ1n) is 12.0. The highest BCUT2D eigenvalue weighted by Gasteiger charge is 2.28. The number of hydrogen-bond acceptors (Lipinski definition) is 4. The highest BCUT2D eigenvalue weighted by atomic mass is 32.1. The fourth-order valence-corrected chi connectivity index (χ4v) is 5.70. The number of anilines is 1. The first-order chi connectivity index (χ1) is 17.1. The molecule has 0 atom stereocenters. The lowest BCUT2D eigenvalue weighted by Gasteiger charge is -2.27. The van der Waals surface area contributed by atoms with Gasteiger partial charge >= 0.3 is 0 Å². The lowest BCUT2D eigenvalue weighted by atomic mass is 10.0. The Labute approximate surface area is 209 Å². The van der Waals surface area contributed by atoms with Crippen LogP contribution in [0, 0.1) is 6.92 Å². The first kappa shape index (κ1) is 23.1. The molecular weight excluding hydrogens is 456 g/mol. The third-order valence-corrected chi connectivity index (χ3v) is 7.64. The van der Waals surface area contributed by atoms with Crippen LogP contribution in [0.15, 0.2) is 73.1 Å². The Bertz CT molecular complexity index is 1310. The summed E-state index contributed by atoms with van der Waals surface area (Å²) in [6.07, 6.45) is 6.85. The van der Waals surface area contributed by atoms with E-state index >= 15 is 0 Å². The number of likely N-dealkylation sites (tertiary alicyclic amines) is 1. The van der Waals surface area contributed by atoms with Crippen molar-refractivity contribution in [3.05, 3.63) is 95.3 Å². The molecule has 0 bridgehead atoms. The van der Waals surface area contributed by atoms with Crippen LogP contribution >= 0.6 is 11.3 Å². The molecule has 0 spiro atoms. The van der Waals surface area contributed by atoms with Crippen LogP contribution in [0.3, 0.4) is 0 Å². The SMILES string of the molecule is Cc1c(-c2ccccc2)sc(NC(=O)c2ccc(Cn3cccn3)cc2)c1C(=O)N1CCCCC1. The van der Waals surface area contributed by atoms with Gasteiger partial charge in [0.1, 0.15) is 5.00 Å². The number of nitrogens with one attached hydrogen (secondary N) is 1. The standard InChI is InChI=1S/C28H28N4O2S/c1-20-24(28(34)31-16-6-3-7-17-31)27(35-25(20)22-9-4-2-5-10-22)30-26(33)23-13-11-21(12-14-23)19-32-18-8-15-29-32/h2,4-5,8-15,18H,3,6-7,16-17,19H2,1H3,(H,30,33). The molecule has 6 nitrogen and oxygen atoms in total. The molecule has 1 aliphatic rings. The molecule has 35 heavy (non-hydrogen) atoms. The van der Waals surface area contributed by atoms with Crippen LogP contribution in [0.5, 0.6) is 0 Å². The van der Waals surface area contributed by atoms with Crippen molar-refractivity contribution >= 4 is 28.2 Å². The maximum Gasteiger partial charge on any atom is 0.257 e. The highest BCUT2D eigenvalue weighted by Crippen LogP contribution is 2.41. The summed E-state index contributed by atoms with van der Waals surface area (Å²) >= 11 is 1.47. The Balaban J connectivity index is 1.42. The molecule has 1 fully saturated rings. The lowest BCUT2D eigenvalue weighted by Crippen LogP contribution is -2.36. The monoisotopic (exact) mass is 484 g/mol. The first-order valence-corrected chi connectivity index (χ1v) is 12.8. The second-order valence-electron chi connectivity index (χ2n) is 8.83. The second kappa shape index (κ2) is 10.3. The van der Waals surface area contributed by atoms with Gasteiger partial charge in [-0.1, -0.05) is 42.5 Å². The summed E-state index contributed by atoms with van der Waals surface area (Å²) in [5.41, 5.74) is 4.19. The molecule has 2 amide bonds. The molecule has 1 saturated heterocycles. The number of amides is 2. The molecule has 2 aromatic carbocycles. The Hall–Kier alpha value is -3.71. The maximum absolute atomic E-state index is 13.6. The average Bonchev–Trinajstić information content (AvgIpc) is 3.52. The van der Waals surface area contributed by atoms with Crippen LogP contribution in [0.1, 0.15) is 51.1 Å². The molecule has 7 heteroatoms. The van der Waals surface area contributed by atoms with Crippen LogP contribution in [0.25, 0.3) is 10.4 Å². The Morgan fingerprint density at radius 2 is 1.71 bits per heavy atom. The molecule has 0 saturated carbocycles. The molecule has 2 aromatic heterocycles. The van der Waals surface area contributed by atoms with Crippen molar-refractivity contribution in [3.8, 4) is 10.4 Å². The normalized spacial score (nSPS) is 13.6. The quantitative estimate of drug-likeness (QED) is 0.373. The number of thiophene rings is 1. The van der Waals surface area contributed by atoms with E-state index in [0.29, 0.717) is 22.7 Å². The number of carbonyl (C=O) groups is 2. The van der Waals surface area contributed by atoms with E-state index in [2.05, 4.69) is 10.4 Å². The van der Waals surface area contributed by atoms with Gasteiger partial charge in [0.25, 0.3) is 11.8 Å². The highest BCUT2D eigenvalue weighted by molar-refractivity contribution is 7.20. The van der Waals surface area contributed by atoms with Gasteiger partial charge in [-0.15, -0.1) is 11.3 Å². The third-order valence-electron chi connectivity index (χ3n) is 6.39. The third kappa shape index (κ3) is 5.05. The molecule has 178 valence electrons. The van der Waals surface area contributed by atoms with Gasteiger partial charge in [-0.3, -0.25) is 14.3 Å². The van der Waals surface area contributed by atoms with Gasteiger partial charge in [0.15, 0.2) is 0 Å². The van der Waals surface area contributed by atoms with E-state index in [1.54, 1.807) is 6.20 Å². The Kier molecular flexibility index (Phi) is 6.77. The summed E-state index contributed by atoms with van der Waals surface area (Å²) in [6, 6.07) is 19.4.